The molecule has 0 aromatic rings. The average molecular weight is 390 g/mol. The molecular formula is C11H11Cl3F4O4. The van der Waals surface area contributed by atoms with E-state index in [1.807, 2.05) is 0 Å². The molecule has 0 aliphatic rings. The second kappa shape index (κ2) is 9.42. The van der Waals surface area contributed by atoms with Gasteiger partial charge in [0.1, 0.15) is 10.6 Å². The van der Waals surface area contributed by atoms with Gasteiger partial charge in [-0.05, 0) is 6.92 Å². The van der Waals surface area contributed by atoms with Gasteiger partial charge in [-0.3, -0.25) is 9.59 Å². The van der Waals surface area contributed by atoms with Gasteiger partial charge in [0.05, 0.1) is 17.9 Å². The summed E-state index contributed by atoms with van der Waals surface area (Å²) in [6.07, 6.45) is -6.08. The minimum absolute atomic E-state index is 0.143. The monoisotopic (exact) mass is 388 g/mol. The van der Waals surface area contributed by atoms with E-state index in [0.717, 1.165) is 0 Å². The highest BCUT2D eigenvalue weighted by atomic mass is 35.5. The summed E-state index contributed by atoms with van der Waals surface area (Å²) < 4.78 is 57.0. The van der Waals surface area contributed by atoms with E-state index in [9.17, 15) is 27.2 Å². The van der Waals surface area contributed by atoms with E-state index < -0.39 is 49.8 Å². The number of ether oxygens (including phenoxy) is 2. The molecule has 4 nitrogen and oxygen atoms in total. The molecule has 0 saturated heterocycles. The summed E-state index contributed by atoms with van der Waals surface area (Å²) in [6.45, 7) is -0.419. The number of esters is 2. The predicted octanol–water partition coefficient (Wildman–Crippen LogP) is 4.03. The molecule has 0 heterocycles. The first-order valence-corrected chi connectivity index (χ1v) is 6.82. The van der Waals surface area contributed by atoms with Crippen molar-refractivity contribution in [2.75, 3.05) is 6.61 Å². The smallest absolute Gasteiger partial charge is 0.340 e. The molecule has 128 valence electrons. The molecule has 0 rings (SSSR count). The molecule has 0 aliphatic carbocycles. The molecule has 22 heavy (non-hydrogen) atoms. The van der Waals surface area contributed by atoms with Crippen LogP contribution in [0.1, 0.15) is 19.8 Å². The summed E-state index contributed by atoms with van der Waals surface area (Å²) in [5.74, 6) is -6.60. The van der Waals surface area contributed by atoms with Gasteiger partial charge in [0.2, 0.25) is 0 Å². The molecule has 0 aromatic heterocycles. The zero-order valence-electron chi connectivity index (χ0n) is 11.1. The number of halogens is 7. The van der Waals surface area contributed by atoms with Gasteiger partial charge in [-0.2, -0.15) is 8.78 Å². The van der Waals surface area contributed by atoms with Gasteiger partial charge in [-0.15, -0.1) is 0 Å². The molecule has 0 unspecified atom stereocenters. The molecule has 0 aromatic carbocycles. The van der Waals surface area contributed by atoms with Crippen LogP contribution in [0.2, 0.25) is 0 Å². The summed E-state index contributed by atoms with van der Waals surface area (Å²) in [7, 11) is 0. The number of rotatable bonds is 8. The fourth-order valence-electron chi connectivity index (χ4n) is 0.977. The van der Waals surface area contributed by atoms with Crippen LogP contribution in [0.4, 0.5) is 17.6 Å². The quantitative estimate of drug-likeness (QED) is 0.465. The van der Waals surface area contributed by atoms with Crippen molar-refractivity contribution in [3.05, 3.63) is 9.52 Å². The maximum Gasteiger partial charge on any atom is 0.340 e. The van der Waals surface area contributed by atoms with Crippen LogP contribution in [0.15, 0.2) is 9.52 Å². The van der Waals surface area contributed by atoms with Gasteiger partial charge in [0.15, 0.2) is 6.61 Å². The Morgan fingerprint density at radius 1 is 1.09 bits per heavy atom. The summed E-state index contributed by atoms with van der Waals surface area (Å²) in [4.78, 5) is 22.4. The molecule has 1 atom stereocenters. The van der Waals surface area contributed by atoms with Crippen molar-refractivity contribution in [2.24, 2.45) is 0 Å². The summed E-state index contributed by atoms with van der Waals surface area (Å²) in [5.41, 5.74) is 0. The first kappa shape index (κ1) is 21.3. The van der Waals surface area contributed by atoms with Crippen LogP contribution < -0.4 is 0 Å². The molecule has 0 bridgehead atoms. The minimum atomic E-state index is -4.44. The molecule has 0 fully saturated rings. The predicted molar refractivity (Wildman–Crippen MR) is 71.3 cm³/mol. The Kier molecular flexibility index (Phi) is 9.11. The van der Waals surface area contributed by atoms with E-state index in [4.69, 9.17) is 39.5 Å². The number of alkyl halides is 4. The zero-order chi connectivity index (χ0) is 17.5. The largest absolute Gasteiger partial charge is 0.459 e. The fraction of sp³-hybridized carbons (Fsp3) is 0.636. The van der Waals surface area contributed by atoms with Crippen molar-refractivity contribution < 1.29 is 36.6 Å². The molecule has 0 amide bonds. The maximum absolute atomic E-state index is 12.5. The molecule has 0 radical (unpaired) electrons. The highest BCUT2D eigenvalue weighted by Gasteiger charge is 2.42. The van der Waals surface area contributed by atoms with Crippen LogP contribution in [0, 0.1) is 0 Å². The molecular weight excluding hydrogens is 378 g/mol. The first-order chi connectivity index (χ1) is 9.97. The Morgan fingerprint density at radius 2 is 1.59 bits per heavy atom. The standard InChI is InChI=1S/C11H11Cl3F4O4/c1-5(8(12)9(13)14)22-7(20)3-2-6(19)21-4-11(17,18)10(15)16/h5,10H,2-4H2,1H3/t5-/m0/s1. The average Bonchev–Trinajstić information content (AvgIpc) is 2.41. The maximum atomic E-state index is 12.5. The van der Waals surface area contributed by atoms with Crippen LogP contribution in [0.25, 0.3) is 0 Å². The first-order valence-electron chi connectivity index (χ1n) is 5.69. The lowest BCUT2D eigenvalue weighted by Gasteiger charge is -2.15. The Labute approximate surface area is 138 Å². The second-order valence-corrected chi connectivity index (χ2v) is 5.32. The van der Waals surface area contributed by atoms with Crippen LogP contribution in [-0.4, -0.2) is 37.0 Å². The molecule has 0 aliphatic heterocycles. The lowest BCUT2D eigenvalue weighted by molar-refractivity contribution is -0.180. The number of hydrogen-bond acceptors (Lipinski definition) is 4. The minimum Gasteiger partial charge on any atom is -0.459 e. The van der Waals surface area contributed by atoms with Crippen molar-refractivity contribution >= 4 is 46.7 Å². The third-order valence-corrected chi connectivity index (χ3v) is 3.22. The molecule has 0 saturated carbocycles. The highest BCUT2D eigenvalue weighted by Crippen LogP contribution is 2.24. The Balaban J connectivity index is 4.16. The van der Waals surface area contributed by atoms with Gasteiger partial charge < -0.3 is 9.47 Å². The van der Waals surface area contributed by atoms with E-state index >= 15 is 0 Å². The van der Waals surface area contributed by atoms with Gasteiger partial charge in [-0.1, -0.05) is 34.8 Å². The third-order valence-electron chi connectivity index (χ3n) is 2.12. The van der Waals surface area contributed by atoms with E-state index in [1.54, 1.807) is 0 Å². The third kappa shape index (κ3) is 8.05. The van der Waals surface area contributed by atoms with Crippen molar-refractivity contribution in [3.63, 3.8) is 0 Å². The number of carbonyl (C=O) groups is 2. The van der Waals surface area contributed by atoms with Crippen molar-refractivity contribution in [1.82, 2.24) is 0 Å². The Bertz CT molecular complexity index is 439. The SMILES string of the molecule is C[C@H](OC(=O)CCC(=O)OCC(F)(F)C(F)F)C(Cl)=C(Cl)Cl. The molecule has 0 N–H and O–H groups in total. The lowest BCUT2D eigenvalue weighted by Crippen LogP contribution is -2.33. The lowest BCUT2D eigenvalue weighted by atomic mass is 10.3. The van der Waals surface area contributed by atoms with E-state index in [2.05, 4.69) is 4.74 Å². The Morgan fingerprint density at radius 3 is 2.05 bits per heavy atom. The van der Waals surface area contributed by atoms with E-state index in [-0.39, 0.29) is 9.52 Å². The van der Waals surface area contributed by atoms with Crippen LogP contribution in [0.5, 0.6) is 0 Å². The van der Waals surface area contributed by atoms with Crippen LogP contribution in [-0.2, 0) is 19.1 Å². The summed E-state index contributed by atoms with van der Waals surface area (Å²) in [6, 6.07) is 0. The van der Waals surface area contributed by atoms with Crippen molar-refractivity contribution in [1.29, 1.82) is 0 Å². The van der Waals surface area contributed by atoms with Crippen molar-refractivity contribution in [2.45, 2.75) is 38.2 Å². The highest BCUT2D eigenvalue weighted by molar-refractivity contribution is 6.59. The van der Waals surface area contributed by atoms with Gasteiger partial charge in [0.25, 0.3) is 0 Å². The second-order valence-electron chi connectivity index (χ2n) is 3.96. The van der Waals surface area contributed by atoms with Crippen LogP contribution >= 0.6 is 34.8 Å². The normalized spacial score (nSPS) is 12.8. The van der Waals surface area contributed by atoms with Gasteiger partial charge >= 0.3 is 24.3 Å². The zero-order valence-corrected chi connectivity index (χ0v) is 13.3. The number of hydrogen-bond donors (Lipinski definition) is 0. The van der Waals surface area contributed by atoms with Crippen LogP contribution in [0.3, 0.4) is 0 Å². The number of carbonyl (C=O) groups excluding carboxylic acids is 2. The molecule has 0 spiro atoms. The van der Waals surface area contributed by atoms with E-state index in [0.29, 0.717) is 0 Å². The van der Waals surface area contributed by atoms with E-state index in [1.165, 1.54) is 6.92 Å². The summed E-state index contributed by atoms with van der Waals surface area (Å²) >= 11 is 16.3. The Hall–Kier alpha value is -0.730. The topological polar surface area (TPSA) is 52.6 Å². The molecule has 11 heteroatoms. The van der Waals surface area contributed by atoms with Crippen molar-refractivity contribution in [3.8, 4) is 0 Å². The van der Waals surface area contributed by atoms with Gasteiger partial charge in [-0.25, -0.2) is 8.78 Å². The summed E-state index contributed by atoms with van der Waals surface area (Å²) in [5, 5.41) is -0.143. The fourth-order valence-corrected chi connectivity index (χ4v) is 1.33. The van der Waals surface area contributed by atoms with Gasteiger partial charge in [0, 0.05) is 0 Å².